The summed E-state index contributed by atoms with van der Waals surface area (Å²) in [6.45, 7) is 3.07. The van der Waals surface area contributed by atoms with Crippen molar-refractivity contribution in [2.45, 2.75) is 56.9 Å². The first-order chi connectivity index (χ1) is 15.3. The van der Waals surface area contributed by atoms with Gasteiger partial charge in [-0.3, -0.25) is 4.90 Å². The summed E-state index contributed by atoms with van der Waals surface area (Å²) < 4.78 is 30.7. The van der Waals surface area contributed by atoms with Crippen molar-refractivity contribution in [3.63, 3.8) is 0 Å². The van der Waals surface area contributed by atoms with Crippen molar-refractivity contribution in [3.05, 3.63) is 53.8 Å². The first kappa shape index (κ1) is 20.6. The zero-order valence-electron chi connectivity index (χ0n) is 18.1. The molecule has 2 heterocycles. The lowest BCUT2D eigenvalue weighted by molar-refractivity contribution is 0.0726. The van der Waals surface area contributed by atoms with Gasteiger partial charge in [0.25, 0.3) is 0 Å². The van der Waals surface area contributed by atoms with E-state index in [1.165, 1.54) is 44.1 Å². The zero-order chi connectivity index (χ0) is 21.0. The summed E-state index contributed by atoms with van der Waals surface area (Å²) in [5.41, 5.74) is 1.22. The van der Waals surface area contributed by atoms with Crippen LogP contribution in [0.2, 0.25) is 0 Å². The van der Waals surface area contributed by atoms with E-state index in [4.69, 9.17) is 14.2 Å². The highest BCUT2D eigenvalue weighted by molar-refractivity contribution is 5.46. The minimum absolute atomic E-state index is 0.173. The van der Waals surface area contributed by atoms with Gasteiger partial charge >= 0.3 is 0 Å². The molecule has 2 aliphatic heterocycles. The minimum atomic E-state index is -0.173. The highest BCUT2D eigenvalue weighted by atomic mass is 19.1. The third-order valence-corrected chi connectivity index (χ3v) is 7.21. The summed E-state index contributed by atoms with van der Waals surface area (Å²) in [6, 6.07) is 13.6. The van der Waals surface area contributed by atoms with Gasteiger partial charge in [0, 0.05) is 24.6 Å². The fraction of sp³-hybridized carbons (Fsp3) is 0.538. The maximum absolute atomic E-state index is 13.5. The lowest BCUT2D eigenvalue weighted by Crippen LogP contribution is -2.46. The molecule has 1 aliphatic carbocycles. The van der Waals surface area contributed by atoms with Crippen LogP contribution >= 0.6 is 0 Å². The fourth-order valence-electron chi connectivity index (χ4n) is 5.50. The molecule has 5 rings (SSSR count). The number of rotatable bonds is 5. The number of piperidine rings is 1. The molecule has 0 N–H and O–H groups in total. The lowest BCUT2D eigenvalue weighted by Gasteiger charge is -2.42. The molecule has 0 bridgehead atoms. The Morgan fingerprint density at radius 2 is 1.68 bits per heavy atom. The second-order valence-corrected chi connectivity index (χ2v) is 9.17. The second kappa shape index (κ2) is 9.47. The van der Waals surface area contributed by atoms with Crippen molar-refractivity contribution in [2.75, 3.05) is 26.5 Å². The van der Waals surface area contributed by atoms with Crippen LogP contribution in [0.1, 0.15) is 56.4 Å². The first-order valence-electron chi connectivity index (χ1n) is 11.8. The second-order valence-electron chi connectivity index (χ2n) is 9.17. The number of fused-ring (bicyclic) bond motifs is 1. The molecule has 0 unspecified atom stereocenters. The van der Waals surface area contributed by atoms with E-state index in [0.29, 0.717) is 24.5 Å². The van der Waals surface area contributed by atoms with Crippen molar-refractivity contribution < 1.29 is 18.6 Å². The summed E-state index contributed by atoms with van der Waals surface area (Å²) >= 11 is 0. The number of hydrogen-bond acceptors (Lipinski definition) is 4. The molecule has 2 aromatic rings. The number of nitrogens with zero attached hydrogens (tertiary/aromatic N) is 1. The Kier molecular flexibility index (Phi) is 6.30. The molecule has 4 nitrogen and oxygen atoms in total. The molecule has 2 fully saturated rings. The molecule has 2 atom stereocenters. The molecule has 0 amide bonds. The van der Waals surface area contributed by atoms with Gasteiger partial charge in [0.05, 0.1) is 6.61 Å². The van der Waals surface area contributed by atoms with E-state index in [-0.39, 0.29) is 12.6 Å². The van der Waals surface area contributed by atoms with Crippen molar-refractivity contribution in [2.24, 2.45) is 5.92 Å². The van der Waals surface area contributed by atoms with Crippen LogP contribution in [0.5, 0.6) is 17.2 Å². The van der Waals surface area contributed by atoms with Crippen LogP contribution in [0.15, 0.2) is 42.5 Å². The minimum Gasteiger partial charge on any atom is -0.493 e. The average molecular weight is 426 g/mol. The van der Waals surface area contributed by atoms with Crippen LogP contribution in [-0.2, 0) is 0 Å². The monoisotopic (exact) mass is 425 g/mol. The third kappa shape index (κ3) is 4.82. The maximum atomic E-state index is 13.5. The van der Waals surface area contributed by atoms with Crippen LogP contribution in [0.3, 0.4) is 0 Å². The third-order valence-electron chi connectivity index (χ3n) is 7.21. The highest BCUT2D eigenvalue weighted by Gasteiger charge is 2.34. The molecular weight excluding hydrogens is 393 g/mol. The molecule has 1 saturated carbocycles. The van der Waals surface area contributed by atoms with Crippen molar-refractivity contribution >= 4 is 0 Å². The predicted molar refractivity (Wildman–Crippen MR) is 118 cm³/mol. The van der Waals surface area contributed by atoms with Gasteiger partial charge in [-0.1, -0.05) is 37.8 Å². The van der Waals surface area contributed by atoms with Gasteiger partial charge in [-0.25, -0.2) is 4.39 Å². The molecule has 3 aliphatic rings. The highest BCUT2D eigenvalue weighted by Crippen LogP contribution is 2.38. The molecular formula is C26H32FNO3. The molecule has 1 saturated heterocycles. The molecule has 166 valence electrons. The first-order valence-corrected chi connectivity index (χ1v) is 11.8. The quantitative estimate of drug-likeness (QED) is 0.570. The normalized spacial score (nSPS) is 24.7. The van der Waals surface area contributed by atoms with Gasteiger partial charge in [0.15, 0.2) is 11.5 Å². The SMILES string of the molecule is Fc1ccc([C@H]2CCN(C3CCCCCC3)C[C@@H]2COc2ccc3c(c2)OCO3)cc1. The number of ether oxygens (including phenoxy) is 3. The van der Waals surface area contributed by atoms with Crippen molar-refractivity contribution in [1.82, 2.24) is 4.90 Å². The summed E-state index contributed by atoms with van der Waals surface area (Å²) in [5.74, 6) is 2.91. The number of hydrogen-bond donors (Lipinski definition) is 0. The van der Waals surface area contributed by atoms with Gasteiger partial charge in [0.2, 0.25) is 6.79 Å². The average Bonchev–Trinajstić information content (AvgIpc) is 3.10. The largest absolute Gasteiger partial charge is 0.493 e. The molecule has 5 heteroatoms. The van der Waals surface area contributed by atoms with Crippen LogP contribution < -0.4 is 14.2 Å². The summed E-state index contributed by atoms with van der Waals surface area (Å²) in [5, 5.41) is 0. The van der Waals surface area contributed by atoms with E-state index in [2.05, 4.69) is 4.90 Å². The van der Waals surface area contributed by atoms with E-state index in [1.54, 1.807) is 12.1 Å². The van der Waals surface area contributed by atoms with E-state index < -0.39 is 0 Å². The Morgan fingerprint density at radius 3 is 2.48 bits per heavy atom. The zero-order valence-corrected chi connectivity index (χ0v) is 18.1. The van der Waals surface area contributed by atoms with Crippen molar-refractivity contribution in [1.29, 1.82) is 0 Å². The molecule has 31 heavy (non-hydrogen) atoms. The number of benzene rings is 2. The van der Waals surface area contributed by atoms with E-state index in [0.717, 1.165) is 36.8 Å². The Morgan fingerprint density at radius 1 is 0.903 bits per heavy atom. The molecule has 0 radical (unpaired) electrons. The van der Waals surface area contributed by atoms with Gasteiger partial charge in [0.1, 0.15) is 11.6 Å². The smallest absolute Gasteiger partial charge is 0.231 e. The topological polar surface area (TPSA) is 30.9 Å². The summed E-state index contributed by atoms with van der Waals surface area (Å²) in [4.78, 5) is 2.71. The molecule has 0 aromatic heterocycles. The van der Waals surface area contributed by atoms with Gasteiger partial charge in [-0.15, -0.1) is 0 Å². The van der Waals surface area contributed by atoms with Crippen LogP contribution in [-0.4, -0.2) is 37.4 Å². The van der Waals surface area contributed by atoms with Crippen LogP contribution in [0, 0.1) is 11.7 Å². The van der Waals surface area contributed by atoms with Gasteiger partial charge in [-0.2, -0.15) is 0 Å². The predicted octanol–water partition coefficient (Wildman–Crippen LogP) is 5.76. The Hall–Kier alpha value is -2.27. The lowest BCUT2D eigenvalue weighted by atomic mass is 9.80. The number of halogens is 1. The fourth-order valence-corrected chi connectivity index (χ4v) is 5.50. The standard InChI is InChI=1S/C26H32FNO3/c27-21-9-7-19(8-10-21)24-13-14-28(22-5-3-1-2-4-6-22)16-20(24)17-29-23-11-12-25-26(15-23)31-18-30-25/h7-12,15,20,22,24H,1-6,13-14,16-18H2/t20-,24-/m1/s1. The van der Waals surface area contributed by atoms with E-state index >= 15 is 0 Å². The van der Waals surface area contributed by atoms with Gasteiger partial charge < -0.3 is 14.2 Å². The van der Waals surface area contributed by atoms with Crippen LogP contribution in [0.4, 0.5) is 4.39 Å². The summed E-state index contributed by atoms with van der Waals surface area (Å²) in [7, 11) is 0. The Balaban J connectivity index is 1.31. The maximum Gasteiger partial charge on any atom is 0.231 e. The van der Waals surface area contributed by atoms with Crippen molar-refractivity contribution in [3.8, 4) is 17.2 Å². The Bertz CT molecular complexity index is 863. The van der Waals surface area contributed by atoms with E-state index in [1.807, 2.05) is 30.3 Å². The molecule has 0 spiro atoms. The summed E-state index contributed by atoms with van der Waals surface area (Å²) in [6.07, 6.45) is 9.17. The number of likely N-dealkylation sites (tertiary alicyclic amines) is 1. The van der Waals surface area contributed by atoms with E-state index in [9.17, 15) is 4.39 Å². The Labute approximate surface area is 184 Å². The molecule has 2 aromatic carbocycles. The van der Waals surface area contributed by atoms with Gasteiger partial charge in [-0.05, 0) is 61.6 Å². The van der Waals surface area contributed by atoms with Crippen LogP contribution in [0.25, 0.3) is 0 Å².